The van der Waals surface area contributed by atoms with Crippen LogP contribution in [-0.2, 0) is 0 Å². The van der Waals surface area contributed by atoms with E-state index in [0.717, 1.165) is 21.7 Å². The Balaban J connectivity index is 2.65. The summed E-state index contributed by atoms with van der Waals surface area (Å²) < 4.78 is 5.20. The van der Waals surface area contributed by atoms with Crippen molar-refractivity contribution in [2.75, 3.05) is 0 Å². The highest BCUT2D eigenvalue weighted by atomic mass is 16.4. The SMILES string of the molecule is Cc1cc(=O)oc2ccc3ccccc3c12. The Morgan fingerprint density at radius 2 is 1.88 bits per heavy atom. The molecule has 16 heavy (non-hydrogen) atoms. The summed E-state index contributed by atoms with van der Waals surface area (Å²) in [5.74, 6) is 0. The smallest absolute Gasteiger partial charge is 0.336 e. The number of fused-ring (bicyclic) bond motifs is 3. The average molecular weight is 210 g/mol. The minimum atomic E-state index is -0.291. The second kappa shape index (κ2) is 3.20. The van der Waals surface area contributed by atoms with Gasteiger partial charge in [-0.05, 0) is 29.3 Å². The molecule has 0 aliphatic carbocycles. The maximum absolute atomic E-state index is 11.3. The molecule has 0 saturated heterocycles. The molecule has 3 aromatic rings. The van der Waals surface area contributed by atoms with Gasteiger partial charge in [0.15, 0.2) is 0 Å². The quantitative estimate of drug-likeness (QED) is 0.421. The summed E-state index contributed by atoms with van der Waals surface area (Å²) in [6, 6.07) is 13.5. The van der Waals surface area contributed by atoms with Gasteiger partial charge in [-0.15, -0.1) is 0 Å². The lowest BCUT2D eigenvalue weighted by molar-refractivity contribution is 0.560. The zero-order valence-electron chi connectivity index (χ0n) is 8.86. The van der Waals surface area contributed by atoms with Crippen LogP contribution in [0.2, 0.25) is 0 Å². The summed E-state index contributed by atoms with van der Waals surface area (Å²) >= 11 is 0. The van der Waals surface area contributed by atoms with E-state index in [2.05, 4.69) is 6.07 Å². The van der Waals surface area contributed by atoms with Gasteiger partial charge >= 0.3 is 5.63 Å². The van der Waals surface area contributed by atoms with Crippen LogP contribution in [0.15, 0.2) is 51.7 Å². The van der Waals surface area contributed by atoms with Gasteiger partial charge in [-0.1, -0.05) is 30.3 Å². The molecular formula is C14H10O2. The van der Waals surface area contributed by atoms with E-state index in [0.29, 0.717) is 5.58 Å². The molecule has 0 atom stereocenters. The van der Waals surface area contributed by atoms with Gasteiger partial charge in [0.1, 0.15) is 5.58 Å². The standard InChI is InChI=1S/C14H10O2/c1-9-8-13(15)16-12-7-6-10-4-2-3-5-11(10)14(9)12/h2-8H,1H3. The maximum Gasteiger partial charge on any atom is 0.336 e. The van der Waals surface area contributed by atoms with Gasteiger partial charge in [-0.25, -0.2) is 4.79 Å². The number of aryl methyl sites for hydroxylation is 1. The third kappa shape index (κ3) is 1.23. The Hall–Kier alpha value is -2.09. The maximum atomic E-state index is 11.3. The highest BCUT2D eigenvalue weighted by molar-refractivity contribution is 6.06. The minimum Gasteiger partial charge on any atom is -0.423 e. The van der Waals surface area contributed by atoms with Gasteiger partial charge in [-0.2, -0.15) is 0 Å². The van der Waals surface area contributed by atoms with Crippen molar-refractivity contribution in [3.8, 4) is 0 Å². The first kappa shape index (κ1) is 9.16. The second-order valence-electron chi connectivity index (χ2n) is 3.91. The van der Waals surface area contributed by atoms with Gasteiger partial charge in [-0.3, -0.25) is 0 Å². The lowest BCUT2D eigenvalue weighted by Crippen LogP contribution is -1.97. The summed E-state index contributed by atoms with van der Waals surface area (Å²) in [7, 11) is 0. The molecule has 78 valence electrons. The molecule has 0 aliphatic heterocycles. The minimum absolute atomic E-state index is 0.291. The van der Waals surface area contributed by atoms with Crippen LogP contribution >= 0.6 is 0 Å². The molecule has 0 N–H and O–H groups in total. The zero-order valence-corrected chi connectivity index (χ0v) is 8.86. The number of hydrogen-bond donors (Lipinski definition) is 0. The third-order valence-corrected chi connectivity index (χ3v) is 2.83. The van der Waals surface area contributed by atoms with E-state index >= 15 is 0 Å². The molecule has 0 spiro atoms. The first-order valence-corrected chi connectivity index (χ1v) is 5.18. The molecule has 0 radical (unpaired) electrons. The van der Waals surface area contributed by atoms with Gasteiger partial charge < -0.3 is 4.42 Å². The molecule has 0 saturated carbocycles. The molecule has 3 rings (SSSR count). The Bertz CT molecular complexity index is 738. The van der Waals surface area contributed by atoms with Crippen LogP contribution in [-0.4, -0.2) is 0 Å². The normalized spacial score (nSPS) is 11.1. The monoisotopic (exact) mass is 210 g/mol. The number of benzene rings is 2. The molecule has 0 fully saturated rings. The lowest BCUT2D eigenvalue weighted by atomic mass is 10.0. The highest BCUT2D eigenvalue weighted by Crippen LogP contribution is 2.26. The molecule has 2 heteroatoms. The van der Waals surface area contributed by atoms with Gasteiger partial charge in [0.25, 0.3) is 0 Å². The van der Waals surface area contributed by atoms with Crippen LogP contribution in [0.4, 0.5) is 0 Å². The summed E-state index contributed by atoms with van der Waals surface area (Å²) in [5, 5.41) is 3.31. The Labute approximate surface area is 92.1 Å². The molecule has 2 nitrogen and oxygen atoms in total. The van der Waals surface area contributed by atoms with E-state index in [1.165, 1.54) is 6.07 Å². The Kier molecular flexibility index (Phi) is 1.83. The molecule has 0 unspecified atom stereocenters. The highest BCUT2D eigenvalue weighted by Gasteiger charge is 2.05. The fourth-order valence-electron chi connectivity index (χ4n) is 2.13. The van der Waals surface area contributed by atoms with E-state index in [-0.39, 0.29) is 5.63 Å². The van der Waals surface area contributed by atoms with Gasteiger partial charge in [0.2, 0.25) is 0 Å². The van der Waals surface area contributed by atoms with Crippen molar-refractivity contribution in [3.05, 3.63) is 58.4 Å². The third-order valence-electron chi connectivity index (χ3n) is 2.83. The predicted octanol–water partition coefficient (Wildman–Crippen LogP) is 3.25. The van der Waals surface area contributed by atoms with Crippen molar-refractivity contribution < 1.29 is 4.42 Å². The van der Waals surface area contributed by atoms with E-state index in [9.17, 15) is 4.79 Å². The van der Waals surface area contributed by atoms with Crippen molar-refractivity contribution in [1.82, 2.24) is 0 Å². The zero-order chi connectivity index (χ0) is 11.1. The van der Waals surface area contributed by atoms with E-state index in [4.69, 9.17) is 4.42 Å². The van der Waals surface area contributed by atoms with Crippen LogP contribution in [0.25, 0.3) is 21.7 Å². The molecule has 0 bridgehead atoms. The second-order valence-corrected chi connectivity index (χ2v) is 3.91. The average Bonchev–Trinajstić information content (AvgIpc) is 2.28. The first-order chi connectivity index (χ1) is 7.75. The molecule has 0 amide bonds. The van der Waals surface area contributed by atoms with Crippen LogP contribution in [0.1, 0.15) is 5.56 Å². The van der Waals surface area contributed by atoms with Gasteiger partial charge in [0.05, 0.1) is 0 Å². The van der Waals surface area contributed by atoms with Crippen molar-refractivity contribution >= 4 is 21.7 Å². The molecule has 1 heterocycles. The Morgan fingerprint density at radius 3 is 2.75 bits per heavy atom. The lowest BCUT2D eigenvalue weighted by Gasteiger charge is -2.04. The van der Waals surface area contributed by atoms with E-state index in [1.54, 1.807) is 0 Å². The van der Waals surface area contributed by atoms with Gasteiger partial charge in [0, 0.05) is 11.5 Å². The fourth-order valence-corrected chi connectivity index (χ4v) is 2.13. The predicted molar refractivity (Wildman–Crippen MR) is 64.7 cm³/mol. The topological polar surface area (TPSA) is 30.2 Å². The summed E-state index contributed by atoms with van der Waals surface area (Å²) in [4.78, 5) is 11.3. The molecule has 1 aromatic heterocycles. The summed E-state index contributed by atoms with van der Waals surface area (Å²) in [6.45, 7) is 1.94. The Morgan fingerprint density at radius 1 is 1.06 bits per heavy atom. The summed E-state index contributed by atoms with van der Waals surface area (Å²) in [5.41, 5.74) is 1.33. The largest absolute Gasteiger partial charge is 0.423 e. The fraction of sp³-hybridized carbons (Fsp3) is 0.0714. The molecule has 2 aromatic carbocycles. The van der Waals surface area contributed by atoms with Crippen molar-refractivity contribution in [3.63, 3.8) is 0 Å². The van der Waals surface area contributed by atoms with E-state index < -0.39 is 0 Å². The van der Waals surface area contributed by atoms with Crippen molar-refractivity contribution in [1.29, 1.82) is 0 Å². The molecule has 0 aliphatic rings. The first-order valence-electron chi connectivity index (χ1n) is 5.18. The van der Waals surface area contributed by atoms with E-state index in [1.807, 2.05) is 37.3 Å². The van der Waals surface area contributed by atoms with Crippen LogP contribution in [0.3, 0.4) is 0 Å². The number of hydrogen-bond acceptors (Lipinski definition) is 2. The van der Waals surface area contributed by atoms with Crippen molar-refractivity contribution in [2.45, 2.75) is 6.92 Å². The summed E-state index contributed by atoms with van der Waals surface area (Å²) in [6.07, 6.45) is 0. The number of rotatable bonds is 0. The van der Waals surface area contributed by atoms with Crippen LogP contribution in [0, 0.1) is 6.92 Å². The molecular weight excluding hydrogens is 200 g/mol. The van der Waals surface area contributed by atoms with Crippen LogP contribution < -0.4 is 5.63 Å². The van der Waals surface area contributed by atoms with Crippen molar-refractivity contribution in [2.24, 2.45) is 0 Å². The van der Waals surface area contributed by atoms with Crippen LogP contribution in [0.5, 0.6) is 0 Å².